The molecule has 268 valence electrons. The Bertz CT molecular complexity index is 2460. The van der Waals surface area contributed by atoms with Crippen LogP contribution in [0.25, 0.3) is 56.0 Å². The summed E-state index contributed by atoms with van der Waals surface area (Å²) in [6, 6.07) is 28.9. The van der Waals surface area contributed by atoms with Gasteiger partial charge in [-0.25, -0.2) is 0 Å². The topological polar surface area (TPSA) is 101 Å². The van der Waals surface area contributed by atoms with Crippen molar-refractivity contribution in [2.24, 2.45) is 0 Å². The van der Waals surface area contributed by atoms with Crippen LogP contribution >= 0.6 is 0 Å². The zero-order valence-corrected chi connectivity index (χ0v) is 31.4. The molecule has 9 heteroatoms. The van der Waals surface area contributed by atoms with Gasteiger partial charge >= 0.3 is 0 Å². The van der Waals surface area contributed by atoms with Crippen LogP contribution in [0.1, 0.15) is 76.8 Å². The maximum Gasteiger partial charge on any atom is 0.248 e. The van der Waals surface area contributed by atoms with Crippen LogP contribution in [-0.2, 0) is 10.8 Å². The Labute approximate surface area is 309 Å². The van der Waals surface area contributed by atoms with Gasteiger partial charge in [0.05, 0.1) is 31.2 Å². The van der Waals surface area contributed by atoms with E-state index in [1.54, 1.807) is 14.2 Å². The Morgan fingerprint density at radius 1 is 0.604 bits per heavy atom. The van der Waals surface area contributed by atoms with Gasteiger partial charge in [-0.05, 0) is 88.7 Å². The number of allylic oxidation sites excluding steroid dienone is 4. The highest BCUT2D eigenvalue weighted by molar-refractivity contribution is 6.11. The fourth-order valence-electron chi connectivity index (χ4n) is 6.96. The van der Waals surface area contributed by atoms with Gasteiger partial charge in [-0.2, -0.15) is 0 Å². The fourth-order valence-corrected chi connectivity index (χ4v) is 6.96. The van der Waals surface area contributed by atoms with Crippen LogP contribution in [0.4, 0.5) is 0 Å². The molecule has 1 aliphatic rings. The minimum absolute atomic E-state index is 0.0369. The average molecular weight is 706 g/mol. The molecule has 0 saturated heterocycles. The van der Waals surface area contributed by atoms with Crippen molar-refractivity contribution in [3.8, 4) is 34.4 Å². The molecule has 0 spiro atoms. The van der Waals surface area contributed by atoms with Crippen LogP contribution in [0.15, 0.2) is 106 Å². The maximum absolute atomic E-state index is 6.43. The van der Waals surface area contributed by atoms with Gasteiger partial charge in [-0.15, -0.1) is 20.4 Å². The number of nitrogens with zero attached hydrogens (tertiary/aromatic N) is 5. The molecule has 0 bridgehead atoms. The van der Waals surface area contributed by atoms with Crippen molar-refractivity contribution in [2.45, 2.75) is 64.7 Å². The van der Waals surface area contributed by atoms with E-state index in [0.717, 1.165) is 55.7 Å². The van der Waals surface area contributed by atoms with Gasteiger partial charge in [-0.3, -0.25) is 0 Å². The van der Waals surface area contributed by atoms with E-state index in [1.165, 1.54) is 11.1 Å². The Kier molecular flexibility index (Phi) is 8.32. The lowest BCUT2D eigenvalue weighted by molar-refractivity contribution is 0.415. The molecule has 9 nitrogen and oxygen atoms in total. The number of hydrogen-bond acceptors (Lipinski definition) is 8. The fraction of sp³-hybridized carbons (Fsp3) is 0.273. The van der Waals surface area contributed by atoms with Crippen molar-refractivity contribution >= 4 is 33.1 Å². The molecular formula is C44H43N5O4. The summed E-state index contributed by atoms with van der Waals surface area (Å²) in [6.07, 6.45) is 4.79. The van der Waals surface area contributed by atoms with Crippen molar-refractivity contribution in [3.05, 3.63) is 120 Å². The molecule has 7 aromatic rings. The van der Waals surface area contributed by atoms with Crippen molar-refractivity contribution in [1.82, 2.24) is 25.0 Å². The zero-order valence-electron chi connectivity index (χ0n) is 31.4. The molecule has 0 saturated carbocycles. The Morgan fingerprint density at radius 3 is 1.60 bits per heavy atom. The highest BCUT2D eigenvalue weighted by Gasteiger charge is 2.28. The number of hydrogen-bond donors (Lipinski definition) is 0. The summed E-state index contributed by atoms with van der Waals surface area (Å²) >= 11 is 0. The van der Waals surface area contributed by atoms with Gasteiger partial charge in [0, 0.05) is 39.6 Å². The average Bonchev–Trinajstić information content (AvgIpc) is 3.92. The summed E-state index contributed by atoms with van der Waals surface area (Å²) in [7, 11) is 3.36. The summed E-state index contributed by atoms with van der Waals surface area (Å²) < 4.78 is 26.4. The third-order valence-electron chi connectivity index (χ3n) is 10.0. The molecule has 0 aliphatic heterocycles. The summed E-state index contributed by atoms with van der Waals surface area (Å²) in [5, 5.41) is 20.2. The lowest BCUT2D eigenvalue weighted by Crippen LogP contribution is -2.10. The first-order chi connectivity index (χ1) is 25.4. The monoisotopic (exact) mass is 705 g/mol. The second-order valence-electron chi connectivity index (χ2n) is 15.7. The molecule has 0 N–H and O–H groups in total. The summed E-state index contributed by atoms with van der Waals surface area (Å²) in [6.45, 7) is 13.2. The molecule has 0 fully saturated rings. The molecule has 0 amide bonds. The number of fused-ring (bicyclic) bond motifs is 3. The maximum atomic E-state index is 6.43. The van der Waals surface area contributed by atoms with Gasteiger partial charge in [0.25, 0.3) is 0 Å². The minimum Gasteiger partial charge on any atom is -0.497 e. The first-order valence-electron chi connectivity index (χ1n) is 17.9. The summed E-state index contributed by atoms with van der Waals surface area (Å²) in [5.74, 6) is 3.12. The van der Waals surface area contributed by atoms with Gasteiger partial charge in [0.15, 0.2) is 0 Å². The Hall–Kier alpha value is -5.96. The number of rotatable bonds is 7. The predicted octanol–water partition coefficient (Wildman–Crippen LogP) is 10.6. The highest BCUT2D eigenvalue weighted by Crippen LogP contribution is 2.43. The Morgan fingerprint density at radius 2 is 1.09 bits per heavy atom. The third-order valence-corrected chi connectivity index (χ3v) is 10.0. The van der Waals surface area contributed by atoms with Crippen molar-refractivity contribution in [1.29, 1.82) is 0 Å². The first-order valence-corrected chi connectivity index (χ1v) is 17.9. The highest BCUT2D eigenvalue weighted by atomic mass is 16.5. The first kappa shape index (κ1) is 34.1. The molecule has 1 atom stereocenters. The van der Waals surface area contributed by atoms with E-state index in [2.05, 4.69) is 127 Å². The SMILES string of the molecule is COc1ccc2c(c1)c1cc(OC)ccc1n2C1=CC(c2nnc(-c3ccc(C(C)(C)C)cc3)o2)=CC(c2nnc(-c3ccc(C(C)(C)C)cc3)o2)C1. The van der Waals surface area contributed by atoms with Crippen LogP contribution in [0.5, 0.6) is 11.5 Å². The molecule has 3 aromatic heterocycles. The number of aromatic nitrogens is 5. The van der Waals surface area contributed by atoms with Crippen LogP contribution in [0, 0.1) is 0 Å². The van der Waals surface area contributed by atoms with E-state index in [9.17, 15) is 0 Å². The van der Waals surface area contributed by atoms with Crippen LogP contribution < -0.4 is 9.47 Å². The summed E-state index contributed by atoms with van der Waals surface area (Å²) in [4.78, 5) is 0. The zero-order chi connectivity index (χ0) is 37.1. The van der Waals surface area contributed by atoms with Crippen LogP contribution in [0.3, 0.4) is 0 Å². The van der Waals surface area contributed by atoms with E-state index < -0.39 is 0 Å². The largest absolute Gasteiger partial charge is 0.497 e. The van der Waals surface area contributed by atoms with Gasteiger partial charge < -0.3 is 22.9 Å². The molecule has 0 radical (unpaired) electrons. The predicted molar refractivity (Wildman–Crippen MR) is 209 cm³/mol. The molecule has 3 heterocycles. The van der Waals surface area contributed by atoms with E-state index in [-0.39, 0.29) is 16.7 Å². The minimum atomic E-state index is -0.273. The number of methoxy groups -OCH3 is 2. The molecule has 1 aliphatic carbocycles. The van der Waals surface area contributed by atoms with E-state index in [1.807, 2.05) is 36.4 Å². The molecule has 8 rings (SSSR count). The second kappa shape index (κ2) is 12.9. The summed E-state index contributed by atoms with van der Waals surface area (Å²) in [5.41, 5.74) is 8.10. The lowest BCUT2D eigenvalue weighted by Gasteiger charge is -2.21. The van der Waals surface area contributed by atoms with E-state index >= 15 is 0 Å². The quantitative estimate of drug-likeness (QED) is 0.161. The third kappa shape index (κ3) is 6.41. The van der Waals surface area contributed by atoms with Gasteiger partial charge in [-0.1, -0.05) is 71.9 Å². The number of benzene rings is 4. The van der Waals surface area contributed by atoms with Crippen molar-refractivity contribution < 1.29 is 18.3 Å². The van der Waals surface area contributed by atoms with E-state index in [4.69, 9.17) is 18.3 Å². The van der Waals surface area contributed by atoms with E-state index in [0.29, 0.717) is 30.0 Å². The second-order valence-corrected chi connectivity index (χ2v) is 15.7. The Balaban J connectivity index is 1.24. The van der Waals surface area contributed by atoms with Gasteiger partial charge in [0.2, 0.25) is 23.6 Å². The smallest absolute Gasteiger partial charge is 0.248 e. The van der Waals surface area contributed by atoms with Crippen molar-refractivity contribution in [3.63, 3.8) is 0 Å². The van der Waals surface area contributed by atoms with Crippen LogP contribution in [0.2, 0.25) is 0 Å². The normalized spacial score (nSPS) is 15.1. The van der Waals surface area contributed by atoms with Gasteiger partial charge in [0.1, 0.15) is 11.5 Å². The molecule has 1 unspecified atom stereocenters. The van der Waals surface area contributed by atoms with Crippen molar-refractivity contribution in [2.75, 3.05) is 14.2 Å². The molecule has 53 heavy (non-hydrogen) atoms. The van der Waals surface area contributed by atoms with Crippen LogP contribution in [-0.4, -0.2) is 39.2 Å². The molecule has 4 aromatic carbocycles. The lowest BCUT2D eigenvalue weighted by atomic mass is 9.87. The molecular weight excluding hydrogens is 663 g/mol. The number of ether oxygens (including phenoxy) is 2. The standard InChI is InChI=1S/C44H43N5O4/c1-43(2,3)30-13-9-26(10-14-30)39-45-47-41(52-39)28-21-29(42-48-46-40(53-42)27-11-15-31(16-12-27)44(4,5)6)23-32(22-28)49-37-19-17-33(50-7)24-35(37)36-25-34(51-8)18-20-38(36)49/h9-22,24-25,29H,23H2,1-8H3.